The Morgan fingerprint density at radius 1 is 1.50 bits per heavy atom. The highest BCUT2D eigenvalue weighted by molar-refractivity contribution is 9.09. The van der Waals surface area contributed by atoms with Crippen LogP contribution in [0.1, 0.15) is 24.3 Å². The molecule has 0 radical (unpaired) electrons. The molecule has 1 fully saturated rings. The van der Waals surface area contributed by atoms with Crippen molar-refractivity contribution < 1.29 is 0 Å². The van der Waals surface area contributed by atoms with E-state index in [0.29, 0.717) is 6.04 Å². The van der Waals surface area contributed by atoms with Crippen LogP contribution >= 0.6 is 27.3 Å². The van der Waals surface area contributed by atoms with E-state index < -0.39 is 0 Å². The van der Waals surface area contributed by atoms with Crippen LogP contribution in [0.4, 0.5) is 5.13 Å². The second-order valence-corrected chi connectivity index (χ2v) is 5.41. The quantitative estimate of drug-likeness (QED) is 0.777. The van der Waals surface area contributed by atoms with E-state index in [2.05, 4.69) is 31.0 Å². The van der Waals surface area contributed by atoms with Gasteiger partial charge in [-0.05, 0) is 26.2 Å². The molecule has 78 valence electrons. The van der Waals surface area contributed by atoms with Crippen LogP contribution in [0.2, 0.25) is 0 Å². The molecular weight excluding hydrogens is 262 g/mol. The molecular formula is C9H14BrN3S. The highest BCUT2D eigenvalue weighted by Gasteiger charge is 2.23. The number of piperidine rings is 1. The van der Waals surface area contributed by atoms with Crippen LogP contribution in [0.3, 0.4) is 0 Å². The molecule has 1 aliphatic rings. The third-order valence-electron chi connectivity index (χ3n) is 2.57. The van der Waals surface area contributed by atoms with Crippen LogP contribution in [0.15, 0.2) is 0 Å². The Kier molecular flexibility index (Phi) is 3.38. The van der Waals surface area contributed by atoms with Crippen molar-refractivity contribution in [2.45, 2.75) is 32.2 Å². The number of hydrogen-bond acceptors (Lipinski definition) is 4. The summed E-state index contributed by atoms with van der Waals surface area (Å²) < 4.78 is 0. The van der Waals surface area contributed by atoms with Gasteiger partial charge in [0.15, 0.2) is 0 Å². The molecule has 1 saturated heterocycles. The molecule has 1 atom stereocenters. The summed E-state index contributed by atoms with van der Waals surface area (Å²) in [5.41, 5.74) is 0. The lowest BCUT2D eigenvalue weighted by Crippen LogP contribution is -2.40. The molecule has 0 aliphatic carbocycles. The van der Waals surface area contributed by atoms with Gasteiger partial charge in [-0.3, -0.25) is 0 Å². The van der Waals surface area contributed by atoms with Crippen LogP contribution < -0.4 is 4.90 Å². The van der Waals surface area contributed by atoms with Gasteiger partial charge in [-0.2, -0.15) is 0 Å². The summed E-state index contributed by atoms with van der Waals surface area (Å²) in [6.45, 7) is 3.14. The van der Waals surface area contributed by atoms with E-state index in [9.17, 15) is 0 Å². The summed E-state index contributed by atoms with van der Waals surface area (Å²) in [5.74, 6) is 0. The first-order valence-electron chi connectivity index (χ1n) is 4.94. The monoisotopic (exact) mass is 275 g/mol. The number of aromatic nitrogens is 2. The lowest BCUT2D eigenvalue weighted by molar-refractivity contribution is 0.489. The van der Waals surface area contributed by atoms with Crippen LogP contribution in [-0.2, 0) is 0 Å². The molecule has 3 nitrogen and oxygen atoms in total. The molecule has 0 N–H and O–H groups in total. The SMILES string of the molecule is Cc1nnc(N2CCCCC2CBr)s1. The van der Waals surface area contributed by atoms with Gasteiger partial charge in [0.1, 0.15) is 5.01 Å². The summed E-state index contributed by atoms with van der Waals surface area (Å²) in [6.07, 6.45) is 3.89. The topological polar surface area (TPSA) is 29.0 Å². The minimum atomic E-state index is 0.607. The Hall–Kier alpha value is -0.160. The Morgan fingerprint density at radius 2 is 2.36 bits per heavy atom. The minimum absolute atomic E-state index is 0.607. The maximum absolute atomic E-state index is 4.21. The maximum Gasteiger partial charge on any atom is 0.208 e. The maximum atomic E-state index is 4.21. The van der Waals surface area contributed by atoms with Gasteiger partial charge < -0.3 is 4.90 Å². The van der Waals surface area contributed by atoms with Gasteiger partial charge in [0.25, 0.3) is 0 Å². The van der Waals surface area contributed by atoms with Gasteiger partial charge in [0.2, 0.25) is 5.13 Å². The van der Waals surface area contributed by atoms with Crippen molar-refractivity contribution in [2.75, 3.05) is 16.8 Å². The van der Waals surface area contributed by atoms with Gasteiger partial charge in [-0.25, -0.2) is 0 Å². The number of anilines is 1. The van der Waals surface area contributed by atoms with Gasteiger partial charge in [-0.15, -0.1) is 10.2 Å². The van der Waals surface area contributed by atoms with Crippen molar-refractivity contribution in [2.24, 2.45) is 0 Å². The molecule has 5 heteroatoms. The predicted molar refractivity (Wildman–Crippen MR) is 63.4 cm³/mol. The first-order valence-corrected chi connectivity index (χ1v) is 6.88. The van der Waals surface area contributed by atoms with Gasteiger partial charge >= 0.3 is 0 Å². The van der Waals surface area contributed by atoms with Crippen molar-refractivity contribution in [3.63, 3.8) is 0 Å². The fourth-order valence-electron chi connectivity index (χ4n) is 1.81. The number of hydrogen-bond donors (Lipinski definition) is 0. The number of rotatable bonds is 2. The highest BCUT2D eigenvalue weighted by Crippen LogP contribution is 2.27. The molecule has 0 bridgehead atoms. The first-order chi connectivity index (χ1) is 6.81. The molecule has 1 aliphatic heterocycles. The molecule has 1 aromatic rings. The Bertz CT molecular complexity index is 302. The molecule has 1 aromatic heterocycles. The molecule has 0 aromatic carbocycles. The second-order valence-electron chi connectivity index (χ2n) is 3.60. The summed E-state index contributed by atoms with van der Waals surface area (Å²) >= 11 is 5.27. The van der Waals surface area contributed by atoms with Crippen molar-refractivity contribution in [3.8, 4) is 0 Å². The molecule has 2 rings (SSSR count). The number of halogens is 1. The number of alkyl halides is 1. The fraction of sp³-hybridized carbons (Fsp3) is 0.778. The lowest BCUT2D eigenvalue weighted by atomic mass is 10.0. The van der Waals surface area contributed by atoms with Crippen molar-refractivity contribution in [1.82, 2.24) is 10.2 Å². The summed E-state index contributed by atoms with van der Waals surface area (Å²) in [5, 5.41) is 11.5. The Morgan fingerprint density at radius 3 is 3.00 bits per heavy atom. The second kappa shape index (κ2) is 4.57. The predicted octanol–water partition coefficient (Wildman–Crippen LogP) is 2.60. The molecule has 2 heterocycles. The van der Waals surface area contributed by atoms with Crippen molar-refractivity contribution in [1.29, 1.82) is 0 Å². The van der Waals surface area contributed by atoms with Gasteiger partial charge in [-0.1, -0.05) is 27.3 Å². The Balaban J connectivity index is 2.14. The molecule has 1 unspecified atom stereocenters. The summed E-state index contributed by atoms with van der Waals surface area (Å²) in [7, 11) is 0. The third kappa shape index (κ3) is 2.08. The van der Waals surface area contributed by atoms with E-state index in [1.807, 2.05) is 6.92 Å². The van der Waals surface area contributed by atoms with E-state index in [-0.39, 0.29) is 0 Å². The number of aryl methyl sites for hydroxylation is 1. The smallest absolute Gasteiger partial charge is 0.208 e. The zero-order valence-corrected chi connectivity index (χ0v) is 10.6. The van der Waals surface area contributed by atoms with Gasteiger partial charge in [0, 0.05) is 17.9 Å². The lowest BCUT2D eigenvalue weighted by Gasteiger charge is -2.34. The molecule has 0 saturated carbocycles. The first kappa shape index (κ1) is 10.4. The van der Waals surface area contributed by atoms with E-state index in [1.165, 1.54) is 19.3 Å². The molecule has 0 spiro atoms. The van der Waals surface area contributed by atoms with Crippen LogP contribution in [0, 0.1) is 6.92 Å². The average Bonchev–Trinajstić information content (AvgIpc) is 2.65. The fourth-order valence-corrected chi connectivity index (χ4v) is 3.27. The van der Waals surface area contributed by atoms with E-state index in [1.54, 1.807) is 11.3 Å². The number of nitrogens with zero attached hydrogens (tertiary/aromatic N) is 3. The van der Waals surface area contributed by atoms with E-state index in [0.717, 1.165) is 22.0 Å². The van der Waals surface area contributed by atoms with Crippen molar-refractivity contribution >= 4 is 32.4 Å². The minimum Gasteiger partial charge on any atom is -0.343 e. The van der Waals surface area contributed by atoms with E-state index in [4.69, 9.17) is 0 Å². The van der Waals surface area contributed by atoms with Crippen LogP contribution in [0.25, 0.3) is 0 Å². The Labute approximate surface area is 96.7 Å². The summed E-state index contributed by atoms with van der Waals surface area (Å²) in [4.78, 5) is 2.39. The standard InChI is InChI=1S/C9H14BrN3S/c1-7-11-12-9(14-7)13-5-3-2-4-8(13)6-10/h8H,2-6H2,1H3. The van der Waals surface area contributed by atoms with E-state index >= 15 is 0 Å². The molecule has 0 amide bonds. The zero-order valence-electron chi connectivity index (χ0n) is 8.24. The van der Waals surface area contributed by atoms with Crippen LogP contribution in [-0.4, -0.2) is 28.1 Å². The van der Waals surface area contributed by atoms with Crippen LogP contribution in [0.5, 0.6) is 0 Å². The highest BCUT2D eigenvalue weighted by atomic mass is 79.9. The largest absolute Gasteiger partial charge is 0.343 e. The normalized spacial score (nSPS) is 22.7. The summed E-state index contributed by atoms with van der Waals surface area (Å²) in [6, 6.07) is 0.607. The van der Waals surface area contributed by atoms with Gasteiger partial charge in [0.05, 0.1) is 0 Å². The third-order valence-corrected chi connectivity index (χ3v) is 4.19. The van der Waals surface area contributed by atoms with Crippen molar-refractivity contribution in [3.05, 3.63) is 5.01 Å². The average molecular weight is 276 g/mol. The zero-order chi connectivity index (χ0) is 9.97. The molecule has 14 heavy (non-hydrogen) atoms.